The Morgan fingerprint density at radius 3 is 2.58 bits per heavy atom. The van der Waals surface area contributed by atoms with Crippen LogP contribution < -0.4 is 10.2 Å². The van der Waals surface area contributed by atoms with Crippen LogP contribution in [-0.4, -0.2) is 33.1 Å². The average Bonchev–Trinajstić information content (AvgIpc) is 2.77. The first-order valence-corrected chi connectivity index (χ1v) is 8.27. The largest absolute Gasteiger partial charge is 0.550 e. The Morgan fingerprint density at radius 1 is 1.33 bits per heavy atom. The molecule has 8 heteroatoms. The lowest BCUT2D eigenvalue weighted by Crippen LogP contribution is -2.50. The molecule has 126 valence electrons. The zero-order valence-electron chi connectivity index (χ0n) is 12.7. The number of carboxylic acid groups (broad SMARTS) is 2. The number of carbonyl (C=O) groups is 3. The summed E-state index contributed by atoms with van der Waals surface area (Å²) < 4.78 is 0.0624. The predicted octanol–water partition coefficient (Wildman–Crippen LogP) is -0.155. The summed E-state index contributed by atoms with van der Waals surface area (Å²) in [6.07, 6.45) is 0.807. The average molecular weight is 363 g/mol. The van der Waals surface area contributed by atoms with Crippen molar-refractivity contribution in [2.75, 3.05) is 0 Å². The Morgan fingerprint density at radius 2 is 2.00 bits per heavy atom. The molecular weight excluding hydrogens is 350 g/mol. The molecule has 0 unspecified atom stereocenters. The maximum Gasteiger partial charge on any atom is 0.266 e. The van der Waals surface area contributed by atoms with Gasteiger partial charge in [-0.25, -0.2) is 0 Å². The summed E-state index contributed by atoms with van der Waals surface area (Å²) in [6, 6.07) is 5.97. The van der Waals surface area contributed by atoms with E-state index in [1.54, 1.807) is 6.08 Å². The highest BCUT2D eigenvalue weighted by Gasteiger charge is 2.37. The lowest BCUT2D eigenvalue weighted by Gasteiger charge is -2.27. The SMILES string of the molecule is Cc1ccccc1/C=C1\SC(=S)N([C@H](CCC(=O)[O-])C(=O)[O-])C1=O. The number of hydrogen-bond donors (Lipinski definition) is 0. The Labute approximate surface area is 148 Å². The summed E-state index contributed by atoms with van der Waals surface area (Å²) in [7, 11) is 0. The molecule has 1 aliphatic rings. The molecule has 1 saturated heterocycles. The lowest BCUT2D eigenvalue weighted by atomic mass is 10.1. The molecule has 0 N–H and O–H groups in total. The van der Waals surface area contributed by atoms with Gasteiger partial charge in [0.1, 0.15) is 4.32 Å². The number of aryl methyl sites for hydroxylation is 1. The van der Waals surface area contributed by atoms with Gasteiger partial charge in [0.2, 0.25) is 0 Å². The first-order valence-electron chi connectivity index (χ1n) is 7.04. The van der Waals surface area contributed by atoms with Crippen LogP contribution in [0.1, 0.15) is 24.0 Å². The van der Waals surface area contributed by atoms with Crippen LogP contribution in [0.3, 0.4) is 0 Å². The fraction of sp³-hybridized carbons (Fsp3) is 0.250. The minimum Gasteiger partial charge on any atom is -0.550 e. The van der Waals surface area contributed by atoms with E-state index >= 15 is 0 Å². The van der Waals surface area contributed by atoms with Gasteiger partial charge in [0.15, 0.2) is 0 Å². The number of rotatable bonds is 6. The van der Waals surface area contributed by atoms with Crippen LogP contribution in [-0.2, 0) is 14.4 Å². The zero-order valence-corrected chi connectivity index (χ0v) is 14.3. The van der Waals surface area contributed by atoms with E-state index in [1.165, 1.54) is 0 Å². The third-order valence-corrected chi connectivity index (χ3v) is 4.83. The molecule has 1 amide bonds. The Bertz CT molecular complexity index is 744. The molecule has 1 aromatic rings. The van der Waals surface area contributed by atoms with Gasteiger partial charge in [0.25, 0.3) is 5.91 Å². The quantitative estimate of drug-likeness (QED) is 0.511. The first kappa shape index (κ1) is 18.2. The molecule has 0 bridgehead atoms. The van der Waals surface area contributed by atoms with Gasteiger partial charge in [-0.3, -0.25) is 9.69 Å². The third-order valence-electron chi connectivity index (χ3n) is 3.50. The van der Waals surface area contributed by atoms with Crippen LogP contribution in [0.2, 0.25) is 0 Å². The lowest BCUT2D eigenvalue weighted by molar-refractivity contribution is -0.311. The van der Waals surface area contributed by atoms with Crippen molar-refractivity contribution in [3.63, 3.8) is 0 Å². The second-order valence-electron chi connectivity index (χ2n) is 5.15. The van der Waals surface area contributed by atoms with E-state index in [1.807, 2.05) is 31.2 Å². The smallest absolute Gasteiger partial charge is 0.266 e. The number of nitrogens with zero attached hydrogens (tertiary/aromatic N) is 1. The molecule has 0 saturated carbocycles. The molecule has 1 aliphatic heterocycles. The Balaban J connectivity index is 2.28. The number of carbonyl (C=O) groups excluding carboxylic acids is 3. The van der Waals surface area contributed by atoms with E-state index in [-0.39, 0.29) is 15.6 Å². The minimum atomic E-state index is -1.55. The van der Waals surface area contributed by atoms with Gasteiger partial charge >= 0.3 is 0 Å². The molecule has 0 aromatic heterocycles. The molecule has 0 radical (unpaired) electrons. The van der Waals surface area contributed by atoms with Crippen molar-refractivity contribution in [3.05, 3.63) is 40.3 Å². The Hall–Kier alpha value is -2.19. The van der Waals surface area contributed by atoms with Crippen LogP contribution in [0.15, 0.2) is 29.2 Å². The summed E-state index contributed by atoms with van der Waals surface area (Å²) >= 11 is 6.07. The molecule has 24 heavy (non-hydrogen) atoms. The first-order chi connectivity index (χ1) is 11.3. The fourth-order valence-corrected chi connectivity index (χ4v) is 3.59. The van der Waals surface area contributed by atoms with Gasteiger partial charge < -0.3 is 19.8 Å². The van der Waals surface area contributed by atoms with Crippen LogP contribution in [0.5, 0.6) is 0 Å². The minimum absolute atomic E-state index is 0.0624. The molecule has 2 rings (SSSR count). The number of hydrogen-bond acceptors (Lipinski definition) is 7. The van der Waals surface area contributed by atoms with Crippen molar-refractivity contribution in [3.8, 4) is 0 Å². The summed E-state index contributed by atoms with van der Waals surface area (Å²) in [5.74, 6) is -3.52. The van der Waals surface area contributed by atoms with E-state index in [4.69, 9.17) is 12.2 Å². The van der Waals surface area contributed by atoms with E-state index in [2.05, 4.69) is 0 Å². The number of amides is 1. The number of aliphatic carboxylic acids is 2. The fourth-order valence-electron chi connectivity index (χ4n) is 2.25. The van der Waals surface area contributed by atoms with Crippen LogP contribution >= 0.6 is 24.0 Å². The van der Waals surface area contributed by atoms with Crippen LogP contribution in [0.25, 0.3) is 6.08 Å². The van der Waals surface area contributed by atoms with Crippen molar-refractivity contribution < 1.29 is 24.6 Å². The monoisotopic (exact) mass is 363 g/mol. The van der Waals surface area contributed by atoms with E-state index in [0.29, 0.717) is 0 Å². The zero-order chi connectivity index (χ0) is 17.9. The van der Waals surface area contributed by atoms with Crippen LogP contribution in [0, 0.1) is 6.92 Å². The van der Waals surface area contributed by atoms with Gasteiger partial charge in [0.05, 0.1) is 16.9 Å². The topological polar surface area (TPSA) is 101 Å². The maximum absolute atomic E-state index is 12.5. The standard InChI is InChI=1S/C16H15NO5S2/c1-9-4-2-3-5-10(9)8-12-14(20)17(16(23)24-12)11(15(21)22)6-7-13(18)19/h2-5,8,11H,6-7H2,1H3,(H,18,19)(H,21,22)/p-2/b12-8-/t11-/m1/s1. The third kappa shape index (κ3) is 4.01. The molecule has 1 atom stereocenters. The van der Waals surface area contributed by atoms with Crippen molar-refractivity contribution in [1.82, 2.24) is 4.90 Å². The summed E-state index contributed by atoms with van der Waals surface area (Å²) in [4.78, 5) is 35.6. The summed E-state index contributed by atoms with van der Waals surface area (Å²) in [5.41, 5.74) is 1.77. The van der Waals surface area contributed by atoms with E-state index in [0.717, 1.165) is 27.8 Å². The summed E-state index contributed by atoms with van der Waals surface area (Å²) in [5, 5.41) is 21.9. The summed E-state index contributed by atoms with van der Waals surface area (Å²) in [6.45, 7) is 1.89. The van der Waals surface area contributed by atoms with Crippen molar-refractivity contribution in [2.45, 2.75) is 25.8 Å². The van der Waals surface area contributed by atoms with E-state index < -0.39 is 30.3 Å². The molecule has 6 nitrogen and oxygen atoms in total. The molecule has 0 aliphatic carbocycles. The van der Waals surface area contributed by atoms with Gasteiger partial charge in [-0.1, -0.05) is 48.2 Å². The highest BCUT2D eigenvalue weighted by atomic mass is 32.2. The normalized spacial score (nSPS) is 17.4. The number of carboxylic acids is 2. The number of thioether (sulfide) groups is 1. The Kier molecular flexibility index (Phi) is 5.74. The van der Waals surface area contributed by atoms with Gasteiger partial charge in [-0.2, -0.15) is 0 Å². The number of thiocarbonyl (C=S) groups is 1. The molecule has 1 aromatic carbocycles. The predicted molar refractivity (Wildman–Crippen MR) is 89.2 cm³/mol. The molecule has 0 spiro atoms. The highest BCUT2D eigenvalue weighted by Crippen LogP contribution is 2.35. The second-order valence-corrected chi connectivity index (χ2v) is 6.83. The van der Waals surface area contributed by atoms with Gasteiger partial charge in [-0.15, -0.1) is 0 Å². The van der Waals surface area contributed by atoms with Gasteiger partial charge in [0, 0.05) is 5.97 Å². The maximum atomic E-state index is 12.5. The van der Waals surface area contributed by atoms with Crippen molar-refractivity contribution >= 4 is 52.2 Å². The molecule has 1 fully saturated rings. The van der Waals surface area contributed by atoms with E-state index in [9.17, 15) is 24.6 Å². The van der Waals surface area contributed by atoms with Gasteiger partial charge in [-0.05, 0) is 37.0 Å². The molecular formula is C16H13NO5S2-2. The van der Waals surface area contributed by atoms with Crippen LogP contribution in [0.4, 0.5) is 0 Å². The highest BCUT2D eigenvalue weighted by molar-refractivity contribution is 8.26. The van der Waals surface area contributed by atoms with Crippen molar-refractivity contribution in [2.24, 2.45) is 0 Å². The van der Waals surface area contributed by atoms with Crippen molar-refractivity contribution in [1.29, 1.82) is 0 Å². The number of benzene rings is 1. The molecule has 1 heterocycles. The second kappa shape index (κ2) is 7.59.